The molecule has 0 saturated carbocycles. The van der Waals surface area contributed by atoms with E-state index in [0.29, 0.717) is 5.56 Å². The SMILES string of the molecule is N#C/C(=C\c1cccc([N+](=O)[O-])c1)C(=O)NCc1cccnc1. The lowest BCUT2D eigenvalue weighted by molar-refractivity contribution is -0.384. The highest BCUT2D eigenvalue weighted by Gasteiger charge is 2.10. The van der Waals surface area contributed by atoms with Gasteiger partial charge in [0.15, 0.2) is 0 Å². The number of non-ortho nitro benzene ring substituents is 1. The summed E-state index contributed by atoms with van der Waals surface area (Å²) < 4.78 is 0. The first-order chi connectivity index (χ1) is 11.1. The highest BCUT2D eigenvalue weighted by atomic mass is 16.6. The van der Waals surface area contributed by atoms with Crippen LogP contribution in [0.2, 0.25) is 0 Å². The van der Waals surface area contributed by atoms with Crippen molar-refractivity contribution >= 4 is 17.7 Å². The van der Waals surface area contributed by atoms with Crippen molar-refractivity contribution in [2.24, 2.45) is 0 Å². The fraction of sp³-hybridized carbons (Fsp3) is 0.0625. The van der Waals surface area contributed by atoms with E-state index in [9.17, 15) is 14.9 Å². The first kappa shape index (κ1) is 15.9. The van der Waals surface area contributed by atoms with Crippen molar-refractivity contribution in [2.75, 3.05) is 0 Å². The van der Waals surface area contributed by atoms with E-state index in [0.717, 1.165) is 5.56 Å². The average molecular weight is 308 g/mol. The molecule has 0 unspecified atom stereocenters. The topological polar surface area (TPSA) is 109 Å². The quantitative estimate of drug-likeness (QED) is 0.394. The molecule has 0 aliphatic carbocycles. The number of hydrogen-bond acceptors (Lipinski definition) is 5. The molecule has 2 rings (SSSR count). The highest BCUT2D eigenvalue weighted by Crippen LogP contribution is 2.15. The summed E-state index contributed by atoms with van der Waals surface area (Å²) in [5.41, 5.74) is 0.974. The number of benzene rings is 1. The minimum Gasteiger partial charge on any atom is -0.347 e. The van der Waals surface area contributed by atoms with Crippen molar-refractivity contribution in [1.82, 2.24) is 10.3 Å². The molecule has 0 bridgehead atoms. The molecule has 1 N–H and O–H groups in total. The minimum absolute atomic E-state index is 0.105. The summed E-state index contributed by atoms with van der Waals surface area (Å²) in [6, 6.07) is 11.0. The van der Waals surface area contributed by atoms with E-state index in [1.807, 2.05) is 0 Å². The molecule has 1 aromatic heterocycles. The van der Waals surface area contributed by atoms with Crippen molar-refractivity contribution in [3.05, 3.63) is 75.6 Å². The van der Waals surface area contributed by atoms with Gasteiger partial charge in [-0.3, -0.25) is 19.9 Å². The Balaban J connectivity index is 2.12. The molecule has 0 radical (unpaired) electrons. The van der Waals surface area contributed by atoms with Gasteiger partial charge in [-0.05, 0) is 23.3 Å². The van der Waals surface area contributed by atoms with Gasteiger partial charge in [-0.2, -0.15) is 5.26 Å². The Morgan fingerprint density at radius 1 is 1.39 bits per heavy atom. The summed E-state index contributed by atoms with van der Waals surface area (Å²) in [6.07, 6.45) is 4.54. The van der Waals surface area contributed by atoms with Gasteiger partial charge in [0.2, 0.25) is 0 Å². The Morgan fingerprint density at radius 3 is 2.87 bits per heavy atom. The van der Waals surface area contributed by atoms with Crippen LogP contribution >= 0.6 is 0 Å². The molecule has 0 spiro atoms. The first-order valence-corrected chi connectivity index (χ1v) is 6.63. The maximum atomic E-state index is 12.0. The Kier molecular flexibility index (Phi) is 5.15. The summed E-state index contributed by atoms with van der Waals surface area (Å²) in [7, 11) is 0. The lowest BCUT2D eigenvalue weighted by atomic mass is 10.1. The zero-order chi connectivity index (χ0) is 16.7. The lowest BCUT2D eigenvalue weighted by Gasteiger charge is -2.04. The monoisotopic (exact) mass is 308 g/mol. The molecule has 23 heavy (non-hydrogen) atoms. The fourth-order valence-corrected chi connectivity index (χ4v) is 1.82. The van der Waals surface area contributed by atoms with Gasteiger partial charge in [0.1, 0.15) is 11.6 Å². The summed E-state index contributed by atoms with van der Waals surface area (Å²) >= 11 is 0. The number of amides is 1. The van der Waals surface area contributed by atoms with E-state index >= 15 is 0 Å². The summed E-state index contributed by atoms with van der Waals surface area (Å²) in [5.74, 6) is -0.553. The molecule has 1 aromatic carbocycles. The number of carbonyl (C=O) groups is 1. The van der Waals surface area contributed by atoms with Gasteiger partial charge in [-0.15, -0.1) is 0 Å². The Hall–Kier alpha value is -3.53. The van der Waals surface area contributed by atoms with Crippen molar-refractivity contribution in [2.45, 2.75) is 6.54 Å². The molecule has 1 amide bonds. The smallest absolute Gasteiger partial charge is 0.270 e. The second-order valence-electron chi connectivity index (χ2n) is 4.57. The van der Waals surface area contributed by atoms with Crippen molar-refractivity contribution in [3.63, 3.8) is 0 Å². The third kappa shape index (κ3) is 4.47. The molecule has 0 atom stereocenters. The van der Waals surface area contributed by atoms with Crippen LogP contribution in [0.1, 0.15) is 11.1 Å². The minimum atomic E-state index is -0.553. The molecule has 0 aliphatic heterocycles. The van der Waals surface area contributed by atoms with Crippen LogP contribution < -0.4 is 5.32 Å². The molecule has 0 fully saturated rings. The highest BCUT2D eigenvalue weighted by molar-refractivity contribution is 6.01. The van der Waals surface area contributed by atoms with Crippen LogP contribution in [0.15, 0.2) is 54.4 Å². The number of nitriles is 1. The van der Waals surface area contributed by atoms with Gasteiger partial charge < -0.3 is 5.32 Å². The lowest BCUT2D eigenvalue weighted by Crippen LogP contribution is -2.24. The van der Waals surface area contributed by atoms with E-state index in [2.05, 4.69) is 10.3 Å². The third-order valence-electron chi connectivity index (χ3n) is 2.93. The number of nitro benzene ring substituents is 1. The molecular weight excluding hydrogens is 296 g/mol. The second kappa shape index (κ2) is 7.47. The summed E-state index contributed by atoms with van der Waals surface area (Å²) in [4.78, 5) is 26.1. The average Bonchev–Trinajstić information content (AvgIpc) is 2.58. The standard InChI is InChI=1S/C16H12N4O3/c17-9-14(7-12-3-1-5-15(8-12)20(22)23)16(21)19-11-13-4-2-6-18-10-13/h1-8,10H,11H2,(H,19,21)/b14-7+. The Bertz CT molecular complexity index is 794. The molecule has 0 aliphatic rings. The Morgan fingerprint density at radius 2 is 2.22 bits per heavy atom. The number of hydrogen-bond donors (Lipinski definition) is 1. The third-order valence-corrected chi connectivity index (χ3v) is 2.93. The van der Waals surface area contributed by atoms with Crippen LogP contribution in [0.3, 0.4) is 0 Å². The molecule has 1 heterocycles. The molecule has 0 saturated heterocycles. The Labute approximate surface area is 132 Å². The van der Waals surface area contributed by atoms with Crippen molar-refractivity contribution in [3.8, 4) is 6.07 Å². The normalized spacial score (nSPS) is 10.7. The van der Waals surface area contributed by atoms with Crippen molar-refractivity contribution < 1.29 is 9.72 Å². The van der Waals surface area contributed by atoms with Gasteiger partial charge in [-0.25, -0.2) is 0 Å². The van der Waals surface area contributed by atoms with E-state index in [1.54, 1.807) is 36.7 Å². The van der Waals surface area contributed by atoms with Crippen LogP contribution in [-0.4, -0.2) is 15.8 Å². The predicted octanol–water partition coefficient (Wildman–Crippen LogP) is 2.21. The van der Waals surface area contributed by atoms with E-state index < -0.39 is 10.8 Å². The first-order valence-electron chi connectivity index (χ1n) is 6.63. The number of aromatic nitrogens is 1. The summed E-state index contributed by atoms with van der Waals surface area (Å²) in [5, 5.41) is 22.4. The van der Waals surface area contributed by atoms with Gasteiger partial charge in [0.25, 0.3) is 11.6 Å². The largest absolute Gasteiger partial charge is 0.347 e. The van der Waals surface area contributed by atoms with E-state index in [4.69, 9.17) is 5.26 Å². The maximum absolute atomic E-state index is 12.0. The van der Waals surface area contributed by atoms with Gasteiger partial charge in [0, 0.05) is 31.1 Å². The molecular formula is C16H12N4O3. The summed E-state index contributed by atoms with van der Waals surface area (Å²) in [6.45, 7) is 0.237. The van der Waals surface area contributed by atoms with Crippen LogP contribution in [0.5, 0.6) is 0 Å². The van der Waals surface area contributed by atoms with Gasteiger partial charge in [-0.1, -0.05) is 18.2 Å². The van der Waals surface area contributed by atoms with E-state index in [1.165, 1.54) is 24.3 Å². The van der Waals surface area contributed by atoms with Crippen LogP contribution in [-0.2, 0) is 11.3 Å². The zero-order valence-corrected chi connectivity index (χ0v) is 12.0. The van der Waals surface area contributed by atoms with Gasteiger partial charge in [0.05, 0.1) is 4.92 Å². The van der Waals surface area contributed by atoms with Gasteiger partial charge >= 0.3 is 0 Å². The molecule has 7 nitrogen and oxygen atoms in total. The van der Waals surface area contributed by atoms with Crippen LogP contribution in [0.25, 0.3) is 6.08 Å². The second-order valence-corrected chi connectivity index (χ2v) is 4.57. The van der Waals surface area contributed by atoms with Crippen LogP contribution in [0.4, 0.5) is 5.69 Å². The van der Waals surface area contributed by atoms with Crippen molar-refractivity contribution in [1.29, 1.82) is 5.26 Å². The maximum Gasteiger partial charge on any atom is 0.270 e. The zero-order valence-electron chi connectivity index (χ0n) is 12.0. The molecule has 2 aromatic rings. The molecule has 7 heteroatoms. The predicted molar refractivity (Wildman–Crippen MR) is 82.8 cm³/mol. The van der Waals surface area contributed by atoms with E-state index in [-0.39, 0.29) is 17.8 Å². The van der Waals surface area contributed by atoms with Crippen LogP contribution in [0, 0.1) is 21.4 Å². The number of carbonyl (C=O) groups excluding carboxylic acids is 1. The number of rotatable bonds is 5. The number of nitro groups is 1. The fourth-order valence-electron chi connectivity index (χ4n) is 1.82. The molecule has 114 valence electrons. The number of nitrogens with one attached hydrogen (secondary N) is 1. The number of pyridine rings is 1. The number of nitrogens with zero attached hydrogens (tertiary/aromatic N) is 3.